The summed E-state index contributed by atoms with van der Waals surface area (Å²) in [5.74, 6) is -0.506. The lowest BCUT2D eigenvalue weighted by molar-refractivity contribution is -0.145. The SMILES string of the molecule is CCCCCCCCCC(=O)OCCOCCOCCOCCOCCOCCOC(=O)c1ccc(NCCCC)cc1. The molecule has 0 atom stereocenters. The first-order valence-electron chi connectivity index (χ1n) is 16.2. The molecule has 1 aromatic rings. The second kappa shape index (κ2) is 29.8. The maximum absolute atomic E-state index is 12.1. The highest BCUT2D eigenvalue weighted by Crippen LogP contribution is 2.11. The highest BCUT2D eigenvalue weighted by molar-refractivity contribution is 5.89. The minimum atomic E-state index is -0.361. The van der Waals surface area contributed by atoms with Crippen LogP contribution in [0.2, 0.25) is 0 Å². The van der Waals surface area contributed by atoms with Gasteiger partial charge in [0.25, 0.3) is 0 Å². The maximum Gasteiger partial charge on any atom is 0.338 e. The predicted octanol–water partition coefficient (Wildman–Crippen LogP) is 5.82. The van der Waals surface area contributed by atoms with Gasteiger partial charge in [-0.05, 0) is 37.1 Å². The van der Waals surface area contributed by atoms with E-state index in [-0.39, 0.29) is 25.2 Å². The Morgan fingerprint density at radius 3 is 1.49 bits per heavy atom. The van der Waals surface area contributed by atoms with Gasteiger partial charge in [-0.2, -0.15) is 0 Å². The zero-order chi connectivity index (χ0) is 31.1. The van der Waals surface area contributed by atoms with Crippen LogP contribution in [0.4, 0.5) is 5.69 Å². The van der Waals surface area contributed by atoms with E-state index in [4.69, 9.17) is 33.2 Å². The molecule has 0 fully saturated rings. The molecule has 10 nitrogen and oxygen atoms in total. The fraction of sp³-hybridized carbons (Fsp3) is 0.758. The number of esters is 2. The molecular formula is C33H57NO9. The monoisotopic (exact) mass is 611 g/mol. The summed E-state index contributed by atoms with van der Waals surface area (Å²) in [5, 5.41) is 3.32. The van der Waals surface area contributed by atoms with Crippen LogP contribution in [0, 0.1) is 0 Å². The number of anilines is 1. The Balaban J connectivity index is 1.77. The lowest BCUT2D eigenvalue weighted by Crippen LogP contribution is -2.15. The Kier molecular flexibility index (Phi) is 26.9. The summed E-state index contributed by atoms with van der Waals surface area (Å²) in [6.45, 7) is 10.1. The maximum atomic E-state index is 12.1. The average molecular weight is 612 g/mol. The van der Waals surface area contributed by atoms with Gasteiger partial charge in [0.15, 0.2) is 0 Å². The number of benzene rings is 1. The van der Waals surface area contributed by atoms with Crippen LogP contribution in [0.5, 0.6) is 0 Å². The molecule has 0 saturated heterocycles. The van der Waals surface area contributed by atoms with Gasteiger partial charge in [0.1, 0.15) is 13.2 Å². The van der Waals surface area contributed by atoms with Gasteiger partial charge >= 0.3 is 11.9 Å². The van der Waals surface area contributed by atoms with Gasteiger partial charge in [-0.3, -0.25) is 4.79 Å². The summed E-state index contributed by atoms with van der Waals surface area (Å²) in [5.41, 5.74) is 1.52. The normalized spacial score (nSPS) is 11.0. The quantitative estimate of drug-likeness (QED) is 0.0814. The van der Waals surface area contributed by atoms with Crippen molar-refractivity contribution in [1.29, 1.82) is 0 Å². The van der Waals surface area contributed by atoms with Crippen molar-refractivity contribution in [1.82, 2.24) is 0 Å². The Bertz CT molecular complexity index is 776. The molecule has 0 unspecified atom stereocenters. The molecule has 0 spiro atoms. The van der Waals surface area contributed by atoms with E-state index in [9.17, 15) is 9.59 Å². The van der Waals surface area contributed by atoms with Gasteiger partial charge in [-0.15, -0.1) is 0 Å². The molecule has 0 aromatic heterocycles. The number of rotatable bonds is 31. The van der Waals surface area contributed by atoms with Crippen LogP contribution in [-0.4, -0.2) is 97.8 Å². The van der Waals surface area contributed by atoms with Gasteiger partial charge in [0, 0.05) is 18.7 Å². The first-order chi connectivity index (χ1) is 21.2. The molecule has 0 heterocycles. The first kappa shape index (κ1) is 38.8. The zero-order valence-corrected chi connectivity index (χ0v) is 26.7. The summed E-state index contributed by atoms with van der Waals surface area (Å²) in [4.78, 5) is 23.8. The number of ether oxygens (including phenoxy) is 7. The molecular weight excluding hydrogens is 554 g/mol. The zero-order valence-electron chi connectivity index (χ0n) is 26.7. The highest BCUT2D eigenvalue weighted by Gasteiger charge is 2.07. The van der Waals surface area contributed by atoms with Crippen LogP contribution < -0.4 is 5.32 Å². The van der Waals surface area contributed by atoms with E-state index < -0.39 is 0 Å². The van der Waals surface area contributed by atoms with Crippen molar-refractivity contribution in [3.63, 3.8) is 0 Å². The van der Waals surface area contributed by atoms with Crippen molar-refractivity contribution in [3.05, 3.63) is 29.8 Å². The van der Waals surface area contributed by atoms with Crippen molar-refractivity contribution in [2.75, 3.05) is 91.1 Å². The van der Waals surface area contributed by atoms with Crippen LogP contribution >= 0.6 is 0 Å². The van der Waals surface area contributed by atoms with E-state index in [0.717, 1.165) is 37.9 Å². The Morgan fingerprint density at radius 1 is 0.535 bits per heavy atom. The number of unbranched alkanes of at least 4 members (excludes halogenated alkanes) is 7. The molecule has 1 rings (SSSR count). The van der Waals surface area contributed by atoms with Crippen LogP contribution in [0.3, 0.4) is 0 Å². The Labute approximate surface area is 259 Å². The third-order valence-electron chi connectivity index (χ3n) is 6.40. The number of hydrogen-bond donors (Lipinski definition) is 1. The molecule has 0 radical (unpaired) electrons. The molecule has 1 N–H and O–H groups in total. The van der Waals surface area contributed by atoms with Crippen molar-refractivity contribution >= 4 is 17.6 Å². The molecule has 248 valence electrons. The summed E-state index contributed by atoms with van der Waals surface area (Å²) >= 11 is 0. The first-order valence-corrected chi connectivity index (χ1v) is 16.2. The fourth-order valence-electron chi connectivity index (χ4n) is 3.91. The number of nitrogens with one attached hydrogen (secondary N) is 1. The molecule has 43 heavy (non-hydrogen) atoms. The predicted molar refractivity (Wildman–Crippen MR) is 168 cm³/mol. The minimum absolute atomic E-state index is 0.145. The van der Waals surface area contributed by atoms with E-state index >= 15 is 0 Å². The summed E-state index contributed by atoms with van der Waals surface area (Å²) in [6.07, 6.45) is 11.0. The Morgan fingerprint density at radius 2 is 0.977 bits per heavy atom. The van der Waals surface area contributed by atoms with Gasteiger partial charge in [0.05, 0.1) is 71.6 Å². The van der Waals surface area contributed by atoms with E-state index in [1.54, 1.807) is 12.1 Å². The second-order valence-electron chi connectivity index (χ2n) is 10.1. The van der Waals surface area contributed by atoms with Gasteiger partial charge in [-0.25, -0.2) is 4.79 Å². The van der Waals surface area contributed by atoms with E-state index in [1.165, 1.54) is 32.1 Å². The van der Waals surface area contributed by atoms with Gasteiger partial charge in [-0.1, -0.05) is 58.8 Å². The molecule has 0 aliphatic carbocycles. The molecule has 10 heteroatoms. The fourth-order valence-corrected chi connectivity index (χ4v) is 3.91. The lowest BCUT2D eigenvalue weighted by atomic mass is 10.1. The smallest absolute Gasteiger partial charge is 0.338 e. The summed E-state index contributed by atoms with van der Waals surface area (Å²) < 4.78 is 37.7. The molecule has 0 saturated carbocycles. The van der Waals surface area contributed by atoms with E-state index in [2.05, 4.69) is 19.2 Å². The molecule has 0 aliphatic heterocycles. The van der Waals surface area contributed by atoms with Crippen molar-refractivity contribution in [2.24, 2.45) is 0 Å². The standard InChI is InChI=1S/C33H57NO9/c1-3-5-7-8-9-10-11-12-32(35)42-28-26-40-24-22-38-20-18-37-19-21-39-23-25-41-27-29-43-33(36)30-13-15-31(16-14-30)34-17-6-4-2/h13-16,34H,3-12,17-29H2,1-2H3. The van der Waals surface area contributed by atoms with Crippen LogP contribution in [0.15, 0.2) is 24.3 Å². The average Bonchev–Trinajstić information content (AvgIpc) is 3.02. The lowest BCUT2D eigenvalue weighted by Gasteiger charge is -2.09. The van der Waals surface area contributed by atoms with Gasteiger partial charge < -0.3 is 38.5 Å². The highest BCUT2D eigenvalue weighted by atomic mass is 16.6. The minimum Gasteiger partial charge on any atom is -0.463 e. The molecule has 0 bridgehead atoms. The van der Waals surface area contributed by atoms with Gasteiger partial charge in [0.2, 0.25) is 0 Å². The van der Waals surface area contributed by atoms with E-state index in [0.29, 0.717) is 78.1 Å². The van der Waals surface area contributed by atoms with Crippen molar-refractivity contribution in [3.8, 4) is 0 Å². The second-order valence-corrected chi connectivity index (χ2v) is 10.1. The summed E-state index contributed by atoms with van der Waals surface area (Å²) in [7, 11) is 0. The van der Waals surface area contributed by atoms with Crippen molar-refractivity contribution in [2.45, 2.75) is 78.1 Å². The van der Waals surface area contributed by atoms with Crippen LogP contribution in [0.1, 0.15) is 88.4 Å². The van der Waals surface area contributed by atoms with Crippen LogP contribution in [0.25, 0.3) is 0 Å². The number of carbonyl (C=O) groups excluding carboxylic acids is 2. The van der Waals surface area contributed by atoms with E-state index in [1.807, 2.05) is 12.1 Å². The van der Waals surface area contributed by atoms with Crippen molar-refractivity contribution < 1.29 is 42.7 Å². The third-order valence-corrected chi connectivity index (χ3v) is 6.40. The molecule has 0 amide bonds. The number of carbonyl (C=O) groups is 2. The largest absolute Gasteiger partial charge is 0.463 e. The van der Waals surface area contributed by atoms with Crippen LogP contribution in [-0.2, 0) is 38.0 Å². The summed E-state index contributed by atoms with van der Waals surface area (Å²) in [6, 6.07) is 7.29. The molecule has 1 aromatic carbocycles. The Hall–Kier alpha value is -2.24. The third kappa shape index (κ3) is 24.9. The molecule has 0 aliphatic rings. The number of hydrogen-bond acceptors (Lipinski definition) is 10. The topological polar surface area (TPSA) is 111 Å².